The van der Waals surface area contributed by atoms with Gasteiger partial charge in [0.1, 0.15) is 18.1 Å². The molecule has 0 aliphatic carbocycles. The fourth-order valence-electron chi connectivity index (χ4n) is 3.49. The van der Waals surface area contributed by atoms with Crippen LogP contribution in [-0.4, -0.2) is 26.3 Å². The zero-order chi connectivity index (χ0) is 23.6. The van der Waals surface area contributed by atoms with Gasteiger partial charge in [0, 0.05) is 7.05 Å². The van der Waals surface area contributed by atoms with Crippen LogP contribution in [0.4, 0.5) is 0 Å². The number of carbonyl (C=O) groups excluding carboxylic acids is 1. The van der Waals surface area contributed by atoms with Gasteiger partial charge in [-0.15, -0.1) is 0 Å². The smallest absolute Gasteiger partial charge is 0.289 e. The predicted octanol–water partition coefficient (Wildman–Crippen LogP) is 4.49. The number of carbonyl (C=O) groups is 1. The molecule has 8 heteroatoms. The van der Waals surface area contributed by atoms with Gasteiger partial charge < -0.3 is 14.1 Å². The molecule has 0 spiro atoms. The molecular weight excluding hydrogens is 440 g/mol. The molecule has 4 rings (SSSR count). The van der Waals surface area contributed by atoms with Crippen LogP contribution < -0.4 is 9.88 Å². The molecule has 0 fully saturated rings. The average Bonchev–Trinajstić information content (AvgIpc) is 3.30. The van der Waals surface area contributed by atoms with Crippen molar-refractivity contribution in [3.8, 4) is 5.75 Å². The highest BCUT2D eigenvalue weighted by atomic mass is 32.2. The molecular formula is C25H24N2O5S. The Balaban J connectivity index is 1.41. The van der Waals surface area contributed by atoms with Gasteiger partial charge in [-0.05, 0) is 59.7 Å². The summed E-state index contributed by atoms with van der Waals surface area (Å²) in [5.41, 5.74) is 0.768. The van der Waals surface area contributed by atoms with Crippen LogP contribution in [0.2, 0.25) is 0 Å². The molecule has 0 saturated carbocycles. The van der Waals surface area contributed by atoms with Gasteiger partial charge in [0.05, 0.1) is 10.9 Å². The molecule has 0 aliphatic heterocycles. The Kier molecular flexibility index (Phi) is 6.22. The van der Waals surface area contributed by atoms with E-state index in [1.54, 1.807) is 31.3 Å². The first-order valence-corrected chi connectivity index (χ1v) is 11.9. The number of furan rings is 1. The molecule has 0 saturated heterocycles. The summed E-state index contributed by atoms with van der Waals surface area (Å²) in [5.74, 6) is 1.15. The van der Waals surface area contributed by atoms with Gasteiger partial charge in [-0.3, -0.25) is 4.79 Å². The van der Waals surface area contributed by atoms with Gasteiger partial charge in [-0.2, -0.15) is 0 Å². The second-order valence-corrected chi connectivity index (χ2v) is 9.33. The van der Waals surface area contributed by atoms with E-state index in [0.29, 0.717) is 11.5 Å². The molecule has 0 radical (unpaired) electrons. The molecule has 7 nitrogen and oxygen atoms in total. The Hall–Kier alpha value is -3.62. The monoisotopic (exact) mass is 464 g/mol. The summed E-state index contributed by atoms with van der Waals surface area (Å²) in [5, 5.41) is 7.35. The second-order valence-electron chi connectivity index (χ2n) is 7.77. The van der Waals surface area contributed by atoms with E-state index in [0.717, 1.165) is 16.3 Å². The third-order valence-electron chi connectivity index (χ3n) is 5.57. The van der Waals surface area contributed by atoms with Gasteiger partial charge in [0.25, 0.3) is 5.91 Å². The molecule has 33 heavy (non-hydrogen) atoms. The topological polar surface area (TPSA) is 103 Å². The number of ether oxygens (including phenoxy) is 1. The van der Waals surface area contributed by atoms with Crippen molar-refractivity contribution in [1.82, 2.24) is 4.90 Å². The summed E-state index contributed by atoms with van der Waals surface area (Å²) in [4.78, 5) is 14.4. The van der Waals surface area contributed by atoms with E-state index in [9.17, 15) is 13.2 Å². The quantitative estimate of drug-likeness (QED) is 0.434. The first kappa shape index (κ1) is 22.6. The van der Waals surface area contributed by atoms with Gasteiger partial charge in [0.15, 0.2) is 5.76 Å². The third kappa shape index (κ3) is 5.08. The van der Waals surface area contributed by atoms with Crippen molar-refractivity contribution in [2.75, 3.05) is 7.05 Å². The maximum Gasteiger partial charge on any atom is 0.289 e. The number of nitrogens with zero attached hydrogens (tertiary/aromatic N) is 1. The lowest BCUT2D eigenvalue weighted by molar-refractivity contribution is 0.0706. The lowest BCUT2D eigenvalue weighted by Crippen LogP contribution is -2.29. The minimum absolute atomic E-state index is 0.0227. The summed E-state index contributed by atoms with van der Waals surface area (Å²) < 4.78 is 34.4. The van der Waals surface area contributed by atoms with Crippen LogP contribution in [0.5, 0.6) is 5.75 Å². The number of hydrogen-bond acceptors (Lipinski definition) is 5. The number of sulfonamides is 1. The van der Waals surface area contributed by atoms with Crippen molar-refractivity contribution in [3.63, 3.8) is 0 Å². The first-order chi connectivity index (χ1) is 15.7. The zero-order valence-corrected chi connectivity index (χ0v) is 19.1. The lowest BCUT2D eigenvalue weighted by Gasteiger charge is -2.24. The van der Waals surface area contributed by atoms with Crippen LogP contribution in [0.25, 0.3) is 10.8 Å². The van der Waals surface area contributed by atoms with Crippen molar-refractivity contribution in [1.29, 1.82) is 0 Å². The van der Waals surface area contributed by atoms with E-state index < -0.39 is 10.0 Å². The molecule has 2 N–H and O–H groups in total. The molecule has 1 aromatic heterocycles. The van der Waals surface area contributed by atoms with Crippen molar-refractivity contribution in [3.05, 3.63) is 95.9 Å². The highest BCUT2D eigenvalue weighted by Gasteiger charge is 2.22. The van der Waals surface area contributed by atoms with E-state index in [1.807, 2.05) is 49.4 Å². The van der Waals surface area contributed by atoms with Crippen LogP contribution in [0.1, 0.15) is 34.8 Å². The highest BCUT2D eigenvalue weighted by molar-refractivity contribution is 7.89. The van der Waals surface area contributed by atoms with Gasteiger partial charge in [-0.1, -0.05) is 42.5 Å². The van der Waals surface area contributed by atoms with E-state index in [-0.39, 0.29) is 29.2 Å². The van der Waals surface area contributed by atoms with Crippen molar-refractivity contribution in [2.45, 2.75) is 24.5 Å². The maximum absolute atomic E-state index is 12.9. The molecule has 0 bridgehead atoms. The van der Waals surface area contributed by atoms with Crippen molar-refractivity contribution >= 4 is 26.7 Å². The van der Waals surface area contributed by atoms with Gasteiger partial charge in [0.2, 0.25) is 10.0 Å². The highest BCUT2D eigenvalue weighted by Crippen LogP contribution is 2.24. The predicted molar refractivity (Wildman–Crippen MR) is 125 cm³/mol. The largest absolute Gasteiger partial charge is 0.486 e. The summed E-state index contributed by atoms with van der Waals surface area (Å²) >= 11 is 0. The van der Waals surface area contributed by atoms with Crippen molar-refractivity contribution in [2.24, 2.45) is 5.14 Å². The number of primary sulfonamides is 1. The molecule has 170 valence electrons. The molecule has 4 aromatic rings. The summed E-state index contributed by atoms with van der Waals surface area (Å²) in [7, 11) is -2.11. The zero-order valence-electron chi connectivity index (χ0n) is 18.3. The SMILES string of the molecule is CC(c1ccc(S(N)(=O)=O)cc1)N(C)C(=O)c1ccc(COc2ccc3ccccc3c2)o1. The Morgan fingerprint density at radius 2 is 1.70 bits per heavy atom. The molecule has 1 amide bonds. The molecule has 3 aromatic carbocycles. The van der Waals surface area contributed by atoms with Crippen LogP contribution in [0, 0.1) is 0 Å². The van der Waals surface area contributed by atoms with E-state index in [1.165, 1.54) is 17.0 Å². The van der Waals surface area contributed by atoms with E-state index in [4.69, 9.17) is 14.3 Å². The number of rotatable bonds is 7. The fourth-order valence-corrected chi connectivity index (χ4v) is 4.01. The van der Waals surface area contributed by atoms with Crippen LogP contribution in [0.15, 0.2) is 88.2 Å². The van der Waals surface area contributed by atoms with Gasteiger partial charge >= 0.3 is 0 Å². The average molecular weight is 465 g/mol. The molecule has 0 aliphatic rings. The number of benzene rings is 3. The minimum Gasteiger partial charge on any atom is -0.486 e. The molecule has 1 unspecified atom stereocenters. The number of nitrogens with two attached hydrogens (primary N) is 1. The standard InChI is InChI=1S/C25H24N2O5S/c1-17(18-8-12-23(13-9-18)33(26,29)30)27(2)25(28)24-14-11-22(32-24)16-31-21-10-7-19-5-3-4-6-20(19)15-21/h3-15,17H,16H2,1-2H3,(H2,26,29,30). The Morgan fingerprint density at radius 1 is 1.00 bits per heavy atom. The van der Waals surface area contributed by atoms with E-state index >= 15 is 0 Å². The van der Waals surface area contributed by atoms with Crippen LogP contribution >= 0.6 is 0 Å². The Morgan fingerprint density at radius 3 is 2.39 bits per heavy atom. The van der Waals surface area contributed by atoms with Crippen LogP contribution in [-0.2, 0) is 16.6 Å². The summed E-state index contributed by atoms with van der Waals surface area (Å²) in [6.07, 6.45) is 0. The van der Waals surface area contributed by atoms with E-state index in [2.05, 4.69) is 0 Å². The third-order valence-corrected chi connectivity index (χ3v) is 6.50. The normalized spacial score (nSPS) is 12.5. The summed E-state index contributed by atoms with van der Waals surface area (Å²) in [6, 6.07) is 23.0. The van der Waals surface area contributed by atoms with Gasteiger partial charge in [-0.25, -0.2) is 13.6 Å². The molecule has 1 heterocycles. The van der Waals surface area contributed by atoms with Crippen LogP contribution in [0.3, 0.4) is 0 Å². The summed E-state index contributed by atoms with van der Waals surface area (Å²) in [6.45, 7) is 2.04. The second kappa shape index (κ2) is 9.09. The fraction of sp³-hybridized carbons (Fsp3) is 0.160. The molecule has 1 atom stereocenters. The van der Waals surface area contributed by atoms with Crippen molar-refractivity contribution < 1.29 is 22.4 Å². The first-order valence-electron chi connectivity index (χ1n) is 10.3. The minimum atomic E-state index is -3.77. The number of fused-ring (bicyclic) bond motifs is 1. The lowest BCUT2D eigenvalue weighted by atomic mass is 10.1. The maximum atomic E-state index is 12.9. The number of amides is 1. The Bertz CT molecular complexity index is 1390. The number of hydrogen-bond donors (Lipinski definition) is 1. The Labute approximate surface area is 192 Å².